The van der Waals surface area contributed by atoms with Crippen molar-refractivity contribution in [1.29, 1.82) is 0 Å². The summed E-state index contributed by atoms with van der Waals surface area (Å²) in [5, 5.41) is 0.598. The smallest absolute Gasteiger partial charge is 0.267 e. The fourth-order valence-corrected chi connectivity index (χ4v) is 5.14. The normalized spacial score (nSPS) is 18.5. The van der Waals surface area contributed by atoms with Crippen molar-refractivity contribution < 1.29 is 14.3 Å². The highest BCUT2D eigenvalue weighted by Crippen LogP contribution is 2.45. The third-order valence-electron chi connectivity index (χ3n) is 5.02. The Morgan fingerprint density at radius 3 is 2.53 bits per heavy atom. The van der Waals surface area contributed by atoms with Crippen molar-refractivity contribution in [2.75, 3.05) is 25.2 Å². The van der Waals surface area contributed by atoms with Crippen LogP contribution in [0.5, 0.6) is 0 Å². The summed E-state index contributed by atoms with van der Waals surface area (Å²) >= 11 is 12.9. The number of anilines is 1. The molecule has 5 nitrogen and oxygen atoms in total. The zero-order valence-corrected chi connectivity index (χ0v) is 18.6. The molecule has 2 aromatic carbocycles. The van der Waals surface area contributed by atoms with Crippen LogP contribution in [-0.4, -0.2) is 41.3 Å². The van der Waals surface area contributed by atoms with Gasteiger partial charge in [-0.15, -0.1) is 0 Å². The van der Waals surface area contributed by atoms with Crippen molar-refractivity contribution in [3.8, 4) is 0 Å². The number of hydrogen-bond acceptors (Lipinski definition) is 5. The molecule has 1 fully saturated rings. The lowest BCUT2D eigenvalue weighted by Crippen LogP contribution is -2.30. The van der Waals surface area contributed by atoms with Gasteiger partial charge in [0.1, 0.15) is 4.32 Å². The molecule has 4 rings (SSSR count). The average Bonchev–Trinajstić information content (AvgIpc) is 3.17. The summed E-state index contributed by atoms with van der Waals surface area (Å²) in [6, 6.07) is 14.9. The molecule has 2 amide bonds. The fourth-order valence-electron chi connectivity index (χ4n) is 3.56. The molecule has 0 bridgehead atoms. The molecule has 0 spiro atoms. The first-order valence-corrected chi connectivity index (χ1v) is 11.0. The monoisotopic (exact) mass is 458 g/mol. The topological polar surface area (TPSA) is 49.9 Å². The van der Waals surface area contributed by atoms with Crippen LogP contribution in [-0.2, 0) is 20.9 Å². The van der Waals surface area contributed by atoms with Crippen molar-refractivity contribution in [3.63, 3.8) is 0 Å². The maximum absolute atomic E-state index is 13.5. The SMILES string of the molecule is COCCCN1C(=O)/C(=C2/C(=O)N(Cc3ccccc3Cl)c3ccccc32)SC1=S. The Bertz CT molecular complexity index is 1070. The Kier molecular flexibility index (Phi) is 6.24. The molecule has 2 aliphatic rings. The number of nitrogens with zero attached hydrogens (tertiary/aromatic N) is 2. The van der Waals surface area contributed by atoms with Crippen LogP contribution in [0, 0.1) is 0 Å². The van der Waals surface area contributed by atoms with E-state index in [1.165, 1.54) is 11.8 Å². The zero-order valence-electron chi connectivity index (χ0n) is 16.3. The highest BCUT2D eigenvalue weighted by Gasteiger charge is 2.41. The molecule has 154 valence electrons. The number of carbonyl (C=O) groups excluding carboxylic acids is 2. The molecular formula is C22H19ClN2O3S2. The molecule has 0 aliphatic carbocycles. The first-order valence-electron chi connectivity index (χ1n) is 9.44. The zero-order chi connectivity index (χ0) is 21.3. The second kappa shape index (κ2) is 8.89. The Morgan fingerprint density at radius 2 is 1.77 bits per heavy atom. The van der Waals surface area contributed by atoms with Gasteiger partial charge in [0, 0.05) is 30.8 Å². The summed E-state index contributed by atoms with van der Waals surface area (Å²) in [5.41, 5.74) is 2.76. The molecule has 8 heteroatoms. The number of ether oxygens (including phenoxy) is 1. The van der Waals surface area contributed by atoms with E-state index >= 15 is 0 Å². The van der Waals surface area contributed by atoms with Crippen LogP contribution in [0.2, 0.25) is 5.02 Å². The van der Waals surface area contributed by atoms with E-state index in [-0.39, 0.29) is 11.8 Å². The number of thioether (sulfide) groups is 1. The quantitative estimate of drug-likeness (QED) is 0.362. The molecule has 1 saturated heterocycles. The van der Waals surface area contributed by atoms with E-state index in [1.807, 2.05) is 42.5 Å². The number of rotatable bonds is 6. The van der Waals surface area contributed by atoms with Crippen molar-refractivity contribution >= 4 is 63.0 Å². The predicted molar refractivity (Wildman–Crippen MR) is 124 cm³/mol. The predicted octanol–water partition coefficient (Wildman–Crippen LogP) is 4.49. The lowest BCUT2D eigenvalue weighted by Gasteiger charge is -2.18. The van der Waals surface area contributed by atoms with E-state index in [1.54, 1.807) is 23.0 Å². The van der Waals surface area contributed by atoms with Crippen LogP contribution in [0.3, 0.4) is 0 Å². The first-order chi connectivity index (χ1) is 14.5. The van der Waals surface area contributed by atoms with Gasteiger partial charge in [-0.25, -0.2) is 0 Å². The average molecular weight is 459 g/mol. The number of methoxy groups -OCH3 is 1. The van der Waals surface area contributed by atoms with Gasteiger partial charge < -0.3 is 9.64 Å². The summed E-state index contributed by atoms with van der Waals surface area (Å²) in [4.78, 5) is 30.2. The van der Waals surface area contributed by atoms with Crippen LogP contribution in [0.15, 0.2) is 53.4 Å². The minimum absolute atomic E-state index is 0.214. The molecule has 2 aromatic rings. The van der Waals surface area contributed by atoms with Crippen molar-refractivity contribution in [1.82, 2.24) is 4.90 Å². The summed E-state index contributed by atoms with van der Waals surface area (Å²) in [5.74, 6) is -0.438. The fraction of sp³-hybridized carbons (Fsp3) is 0.227. The van der Waals surface area contributed by atoms with Crippen LogP contribution < -0.4 is 4.90 Å². The largest absolute Gasteiger partial charge is 0.385 e. The molecule has 0 aromatic heterocycles. The van der Waals surface area contributed by atoms with Crippen LogP contribution in [0.4, 0.5) is 5.69 Å². The summed E-state index contributed by atoms with van der Waals surface area (Å²) in [6.45, 7) is 1.33. The molecule has 0 N–H and O–H groups in total. The first kappa shape index (κ1) is 21.1. The molecule has 30 heavy (non-hydrogen) atoms. The number of benzene rings is 2. The second-order valence-corrected chi connectivity index (χ2v) is 8.93. The Labute approximate surface area is 189 Å². The molecule has 0 unspecified atom stereocenters. The van der Waals surface area contributed by atoms with Gasteiger partial charge in [0.25, 0.3) is 11.8 Å². The van der Waals surface area contributed by atoms with Gasteiger partial charge in [-0.1, -0.05) is 72.0 Å². The van der Waals surface area contributed by atoms with E-state index in [4.69, 9.17) is 28.6 Å². The Morgan fingerprint density at radius 1 is 1.03 bits per heavy atom. The van der Waals surface area contributed by atoms with Crippen molar-refractivity contribution in [2.45, 2.75) is 13.0 Å². The second-order valence-electron chi connectivity index (χ2n) is 6.88. The lowest BCUT2D eigenvalue weighted by atomic mass is 10.1. The third-order valence-corrected chi connectivity index (χ3v) is 6.83. The maximum atomic E-state index is 13.5. The van der Waals surface area contributed by atoms with Gasteiger partial charge in [0.2, 0.25) is 0 Å². The molecule has 0 saturated carbocycles. The third kappa shape index (κ3) is 3.78. The van der Waals surface area contributed by atoms with E-state index in [9.17, 15) is 9.59 Å². The van der Waals surface area contributed by atoms with E-state index in [0.717, 1.165) is 16.8 Å². The maximum Gasteiger partial charge on any atom is 0.267 e. The Hall–Kier alpha value is -2.19. The number of amides is 2. The standard InChI is InChI=1S/C22H19ClN2O3S2/c1-28-12-6-11-24-21(27)19(30-22(24)29)18-15-8-3-5-10-17(15)25(20(18)26)13-14-7-2-4-9-16(14)23/h2-5,7-10H,6,11-13H2,1H3/b19-18-. The summed E-state index contributed by atoms with van der Waals surface area (Å²) < 4.78 is 5.54. The van der Waals surface area contributed by atoms with Crippen LogP contribution in [0.25, 0.3) is 5.57 Å². The molecule has 0 atom stereocenters. The Balaban J connectivity index is 1.71. The van der Waals surface area contributed by atoms with Crippen molar-refractivity contribution in [2.24, 2.45) is 0 Å². The number of thiocarbonyl (C=S) groups is 1. The van der Waals surface area contributed by atoms with E-state index in [2.05, 4.69) is 0 Å². The minimum Gasteiger partial charge on any atom is -0.385 e. The minimum atomic E-state index is -0.223. The summed E-state index contributed by atoms with van der Waals surface area (Å²) in [6.07, 6.45) is 0.675. The van der Waals surface area contributed by atoms with Gasteiger partial charge in [0.05, 0.1) is 22.7 Å². The number of carbonyl (C=O) groups is 2. The molecule has 0 radical (unpaired) electrons. The number of halogens is 1. The van der Waals surface area contributed by atoms with Crippen LogP contribution in [0.1, 0.15) is 17.5 Å². The highest BCUT2D eigenvalue weighted by molar-refractivity contribution is 8.26. The van der Waals surface area contributed by atoms with E-state index in [0.29, 0.717) is 45.9 Å². The van der Waals surface area contributed by atoms with Gasteiger partial charge in [-0.05, 0) is 24.1 Å². The molecule has 2 aliphatic heterocycles. The lowest BCUT2D eigenvalue weighted by molar-refractivity contribution is -0.122. The number of para-hydroxylation sites is 1. The van der Waals surface area contributed by atoms with E-state index < -0.39 is 0 Å². The van der Waals surface area contributed by atoms with Gasteiger partial charge in [-0.3, -0.25) is 14.5 Å². The number of hydrogen-bond donors (Lipinski definition) is 0. The van der Waals surface area contributed by atoms with Gasteiger partial charge >= 0.3 is 0 Å². The van der Waals surface area contributed by atoms with Crippen LogP contribution >= 0.6 is 35.6 Å². The molecular weight excluding hydrogens is 440 g/mol. The van der Waals surface area contributed by atoms with Gasteiger partial charge in [-0.2, -0.15) is 0 Å². The summed E-state index contributed by atoms with van der Waals surface area (Å²) in [7, 11) is 1.62. The number of fused-ring (bicyclic) bond motifs is 1. The van der Waals surface area contributed by atoms with Gasteiger partial charge in [0.15, 0.2) is 0 Å². The van der Waals surface area contributed by atoms with Crippen molar-refractivity contribution in [3.05, 3.63) is 69.6 Å². The molecule has 2 heterocycles. The highest BCUT2D eigenvalue weighted by atomic mass is 35.5.